The molecule has 37 heavy (non-hydrogen) atoms. The molecule has 11 heteroatoms. The molecule has 7 nitrogen and oxygen atoms in total. The third-order valence-corrected chi connectivity index (χ3v) is 6.18. The molecule has 1 heterocycles. The predicted octanol–water partition coefficient (Wildman–Crippen LogP) is 6.55. The number of carbonyl (C=O) groups excluding carboxylic acids is 1. The number of fused-ring (bicyclic) bond motifs is 1. The molecule has 1 amide bonds. The molecule has 0 aliphatic carbocycles. The maximum absolute atomic E-state index is 14.9. The van der Waals surface area contributed by atoms with Gasteiger partial charge in [0.05, 0.1) is 26.2 Å². The average Bonchev–Trinajstić information content (AvgIpc) is 2.87. The topological polar surface area (TPSA) is 81.7 Å². The Balaban J connectivity index is 1.45. The van der Waals surface area contributed by atoms with E-state index in [1.807, 2.05) is 0 Å². The van der Waals surface area contributed by atoms with Gasteiger partial charge in [0, 0.05) is 39.4 Å². The van der Waals surface area contributed by atoms with Gasteiger partial charge in [-0.25, -0.2) is 4.39 Å². The van der Waals surface area contributed by atoms with Crippen molar-refractivity contribution >= 4 is 63.0 Å². The molecular formula is C26H20Cl2FN3O4S. The van der Waals surface area contributed by atoms with Crippen LogP contribution in [0.15, 0.2) is 60.8 Å². The van der Waals surface area contributed by atoms with Crippen LogP contribution < -0.4 is 24.8 Å². The van der Waals surface area contributed by atoms with Crippen molar-refractivity contribution in [3.8, 4) is 23.0 Å². The van der Waals surface area contributed by atoms with Crippen molar-refractivity contribution < 1.29 is 23.4 Å². The first kappa shape index (κ1) is 26.4. The number of halogens is 3. The van der Waals surface area contributed by atoms with Crippen LogP contribution >= 0.6 is 35.4 Å². The summed E-state index contributed by atoms with van der Waals surface area (Å²) in [4.78, 5) is 16.7. The summed E-state index contributed by atoms with van der Waals surface area (Å²) in [5, 5.41) is 6.65. The first-order chi connectivity index (χ1) is 17.8. The fourth-order valence-electron chi connectivity index (χ4n) is 3.51. The number of hydrogen-bond donors (Lipinski definition) is 2. The Morgan fingerprint density at radius 2 is 1.68 bits per heavy atom. The molecule has 2 N–H and O–H groups in total. The number of anilines is 1. The van der Waals surface area contributed by atoms with Gasteiger partial charge in [-0.05, 0) is 54.2 Å². The lowest BCUT2D eigenvalue weighted by Gasteiger charge is -2.14. The lowest BCUT2D eigenvalue weighted by molar-refractivity contribution is -0.119. The number of benzene rings is 3. The molecule has 1 aromatic heterocycles. The van der Waals surface area contributed by atoms with Gasteiger partial charge in [-0.2, -0.15) is 0 Å². The van der Waals surface area contributed by atoms with Crippen molar-refractivity contribution in [2.24, 2.45) is 0 Å². The summed E-state index contributed by atoms with van der Waals surface area (Å²) in [5.41, 5.74) is 1.39. The maximum atomic E-state index is 14.9. The standard InChI is InChI=1S/C26H20Cl2FN3O4S/c1-34-23-11-16-20(13-24(23)35-2)30-9-8-21(16)36-22-7-6-14(10-19(22)29)31-26(37)32-25(33)12-15-17(27)4-3-5-18(15)28/h3-11,13H,12H2,1-2H3,(H2,31,32,33,37). The Kier molecular flexibility index (Phi) is 8.27. The number of pyridine rings is 1. The number of rotatable bonds is 7. The Bertz CT molecular complexity index is 1480. The van der Waals surface area contributed by atoms with Crippen LogP contribution in [0.4, 0.5) is 10.1 Å². The molecule has 0 aliphatic rings. The van der Waals surface area contributed by atoms with E-state index in [0.29, 0.717) is 49.4 Å². The quantitative estimate of drug-likeness (QED) is 0.248. The summed E-state index contributed by atoms with van der Waals surface area (Å²) in [6.45, 7) is 0. The minimum absolute atomic E-state index is 0.0117. The Labute approximate surface area is 227 Å². The third kappa shape index (κ3) is 6.19. The lowest BCUT2D eigenvalue weighted by Crippen LogP contribution is -2.35. The highest BCUT2D eigenvalue weighted by Gasteiger charge is 2.15. The number of amides is 1. The number of aromatic nitrogens is 1. The Hall–Kier alpha value is -3.66. The molecule has 4 rings (SSSR count). The molecule has 0 saturated heterocycles. The minimum Gasteiger partial charge on any atom is -0.493 e. The molecule has 0 radical (unpaired) electrons. The number of thiocarbonyl (C=S) groups is 1. The minimum atomic E-state index is -0.646. The zero-order chi connectivity index (χ0) is 26.5. The van der Waals surface area contributed by atoms with Crippen molar-refractivity contribution in [1.29, 1.82) is 0 Å². The fourth-order valence-corrected chi connectivity index (χ4v) is 4.27. The second-order valence-electron chi connectivity index (χ2n) is 7.66. The van der Waals surface area contributed by atoms with Gasteiger partial charge < -0.3 is 24.8 Å². The molecule has 0 aliphatic heterocycles. The zero-order valence-electron chi connectivity index (χ0n) is 19.6. The van der Waals surface area contributed by atoms with Crippen LogP contribution in [0.25, 0.3) is 10.9 Å². The van der Waals surface area contributed by atoms with E-state index in [2.05, 4.69) is 15.6 Å². The zero-order valence-corrected chi connectivity index (χ0v) is 21.9. The Morgan fingerprint density at radius 1 is 0.973 bits per heavy atom. The van der Waals surface area contributed by atoms with Crippen LogP contribution in [0.2, 0.25) is 10.0 Å². The van der Waals surface area contributed by atoms with Crippen LogP contribution in [0, 0.1) is 5.82 Å². The normalized spacial score (nSPS) is 10.6. The Morgan fingerprint density at radius 3 is 2.35 bits per heavy atom. The number of carbonyl (C=O) groups is 1. The summed E-state index contributed by atoms with van der Waals surface area (Å²) in [7, 11) is 3.05. The second-order valence-corrected chi connectivity index (χ2v) is 8.88. The maximum Gasteiger partial charge on any atom is 0.230 e. The highest BCUT2D eigenvalue weighted by atomic mass is 35.5. The van der Waals surface area contributed by atoms with Crippen LogP contribution in [-0.4, -0.2) is 30.2 Å². The van der Waals surface area contributed by atoms with E-state index in [1.54, 1.807) is 48.7 Å². The number of hydrogen-bond acceptors (Lipinski definition) is 6. The SMILES string of the molecule is COc1cc2nccc(Oc3ccc(NC(=S)NC(=O)Cc4c(Cl)cccc4Cl)cc3F)c2cc1OC. The first-order valence-corrected chi connectivity index (χ1v) is 12.0. The molecule has 0 unspecified atom stereocenters. The number of methoxy groups -OCH3 is 2. The van der Waals surface area contributed by atoms with E-state index < -0.39 is 11.7 Å². The highest BCUT2D eigenvalue weighted by molar-refractivity contribution is 7.80. The van der Waals surface area contributed by atoms with E-state index >= 15 is 0 Å². The summed E-state index contributed by atoms with van der Waals surface area (Å²) >= 11 is 17.4. The predicted molar refractivity (Wildman–Crippen MR) is 146 cm³/mol. The van der Waals surface area contributed by atoms with Crippen LogP contribution in [0.3, 0.4) is 0 Å². The smallest absolute Gasteiger partial charge is 0.230 e. The van der Waals surface area contributed by atoms with Crippen molar-refractivity contribution in [3.63, 3.8) is 0 Å². The molecule has 190 valence electrons. The number of nitrogens with one attached hydrogen (secondary N) is 2. The van der Waals surface area contributed by atoms with Crippen molar-refractivity contribution in [1.82, 2.24) is 10.3 Å². The van der Waals surface area contributed by atoms with E-state index in [4.69, 9.17) is 49.6 Å². The van der Waals surface area contributed by atoms with Crippen molar-refractivity contribution in [2.75, 3.05) is 19.5 Å². The molecule has 0 spiro atoms. The molecule has 0 fully saturated rings. The van der Waals surface area contributed by atoms with Crippen LogP contribution in [-0.2, 0) is 11.2 Å². The summed E-state index contributed by atoms with van der Waals surface area (Å²) < 4.78 is 31.4. The van der Waals surface area contributed by atoms with Crippen LogP contribution in [0.5, 0.6) is 23.0 Å². The van der Waals surface area contributed by atoms with Crippen molar-refractivity contribution in [2.45, 2.75) is 6.42 Å². The summed E-state index contributed by atoms with van der Waals surface area (Å²) in [6, 6.07) is 14.2. The van der Waals surface area contributed by atoms with Gasteiger partial charge in [-0.15, -0.1) is 0 Å². The highest BCUT2D eigenvalue weighted by Crippen LogP contribution is 2.37. The molecule has 0 atom stereocenters. The van der Waals surface area contributed by atoms with Gasteiger partial charge in [0.1, 0.15) is 5.75 Å². The molecule has 0 bridgehead atoms. The second kappa shape index (κ2) is 11.6. The largest absolute Gasteiger partial charge is 0.493 e. The van der Waals surface area contributed by atoms with Crippen LogP contribution in [0.1, 0.15) is 5.56 Å². The average molecular weight is 560 g/mol. The fraction of sp³-hybridized carbons (Fsp3) is 0.115. The van der Waals surface area contributed by atoms with Gasteiger partial charge >= 0.3 is 0 Å². The van der Waals surface area contributed by atoms with E-state index in [1.165, 1.54) is 26.4 Å². The third-order valence-electron chi connectivity index (χ3n) is 5.27. The van der Waals surface area contributed by atoms with Gasteiger partial charge in [0.25, 0.3) is 0 Å². The molecule has 4 aromatic rings. The first-order valence-electron chi connectivity index (χ1n) is 10.8. The van der Waals surface area contributed by atoms with Gasteiger partial charge in [0.15, 0.2) is 28.2 Å². The van der Waals surface area contributed by atoms with E-state index in [-0.39, 0.29) is 17.3 Å². The van der Waals surface area contributed by atoms with Gasteiger partial charge in [-0.1, -0.05) is 29.3 Å². The van der Waals surface area contributed by atoms with Gasteiger partial charge in [-0.3, -0.25) is 9.78 Å². The van der Waals surface area contributed by atoms with Crippen molar-refractivity contribution in [3.05, 3.63) is 82.2 Å². The molecule has 3 aromatic carbocycles. The monoisotopic (exact) mass is 559 g/mol. The van der Waals surface area contributed by atoms with E-state index in [0.717, 1.165) is 0 Å². The van der Waals surface area contributed by atoms with Gasteiger partial charge in [0.2, 0.25) is 5.91 Å². The molecular weight excluding hydrogens is 540 g/mol. The lowest BCUT2D eigenvalue weighted by atomic mass is 10.1. The summed E-state index contributed by atoms with van der Waals surface area (Å²) in [5.74, 6) is 0.291. The van der Waals surface area contributed by atoms with E-state index in [9.17, 15) is 9.18 Å². The summed E-state index contributed by atoms with van der Waals surface area (Å²) in [6.07, 6.45) is 1.48. The molecule has 0 saturated carbocycles. The number of nitrogens with zero attached hydrogens (tertiary/aromatic N) is 1. The number of ether oxygens (including phenoxy) is 3.